The first-order valence-corrected chi connectivity index (χ1v) is 5.94. The van der Waals surface area contributed by atoms with Crippen LogP contribution >= 0.6 is 11.6 Å². The molecule has 2 aromatic rings. The predicted octanol–water partition coefficient (Wildman–Crippen LogP) is 4.42. The van der Waals surface area contributed by atoms with Crippen LogP contribution in [-0.4, -0.2) is 0 Å². The minimum atomic E-state index is -0.487. The normalized spacial score (nSPS) is 10.4. The summed E-state index contributed by atoms with van der Waals surface area (Å²) in [6.07, 6.45) is 0. The van der Waals surface area contributed by atoms with Crippen molar-refractivity contribution in [3.8, 4) is 0 Å². The first-order valence-electron chi connectivity index (χ1n) is 5.57. The summed E-state index contributed by atoms with van der Waals surface area (Å²) in [5, 5.41) is 3.15. The number of nitrogen functional groups attached to an aromatic ring is 1. The highest BCUT2D eigenvalue weighted by Gasteiger charge is 2.08. The summed E-state index contributed by atoms with van der Waals surface area (Å²) in [5.41, 5.74) is 9.92. The highest BCUT2D eigenvalue weighted by atomic mass is 35.5. The Bertz CT molecular complexity index is 597. The smallest absolute Gasteiger partial charge is 0.144 e. The summed E-state index contributed by atoms with van der Waals surface area (Å²) < 4.78 is 13.4. The molecule has 0 saturated carbocycles. The van der Waals surface area contributed by atoms with Gasteiger partial charge in [-0.15, -0.1) is 0 Å². The number of benzene rings is 2. The topological polar surface area (TPSA) is 38.0 Å². The van der Waals surface area contributed by atoms with Crippen LogP contribution in [0.1, 0.15) is 11.1 Å². The maximum Gasteiger partial charge on any atom is 0.144 e. The van der Waals surface area contributed by atoms with Crippen LogP contribution in [0.15, 0.2) is 30.3 Å². The molecule has 0 atom stereocenters. The summed E-state index contributed by atoms with van der Waals surface area (Å²) >= 11 is 5.66. The number of nitrogens with two attached hydrogens (primary N) is 1. The van der Waals surface area contributed by atoms with Gasteiger partial charge in [-0.3, -0.25) is 0 Å². The molecule has 0 bridgehead atoms. The molecule has 0 aliphatic carbocycles. The molecule has 0 heterocycles. The van der Waals surface area contributed by atoms with E-state index in [0.29, 0.717) is 11.4 Å². The maximum absolute atomic E-state index is 13.4. The standard InChI is InChI=1S/C14H14ClFN2/c1-8-4-3-5-13(9(8)2)18-14-7-11(16)10(15)6-12(14)17/h3-7,18H,17H2,1-2H3. The molecular weight excluding hydrogens is 251 g/mol. The Morgan fingerprint density at radius 2 is 1.89 bits per heavy atom. The van der Waals surface area contributed by atoms with E-state index >= 15 is 0 Å². The molecule has 18 heavy (non-hydrogen) atoms. The van der Waals surface area contributed by atoms with Crippen LogP contribution in [0.3, 0.4) is 0 Å². The van der Waals surface area contributed by atoms with Gasteiger partial charge < -0.3 is 11.1 Å². The molecule has 0 amide bonds. The van der Waals surface area contributed by atoms with Crippen molar-refractivity contribution in [1.82, 2.24) is 0 Å². The van der Waals surface area contributed by atoms with Crippen LogP contribution in [0.25, 0.3) is 0 Å². The number of anilines is 3. The molecule has 0 radical (unpaired) electrons. The average molecular weight is 265 g/mol. The fraction of sp³-hybridized carbons (Fsp3) is 0.143. The van der Waals surface area contributed by atoms with Crippen molar-refractivity contribution >= 4 is 28.7 Å². The lowest BCUT2D eigenvalue weighted by Gasteiger charge is -2.13. The minimum Gasteiger partial charge on any atom is -0.397 e. The first kappa shape index (κ1) is 12.7. The molecule has 94 valence electrons. The Morgan fingerprint density at radius 1 is 1.17 bits per heavy atom. The third-order valence-corrected chi connectivity index (χ3v) is 3.26. The monoisotopic (exact) mass is 264 g/mol. The molecule has 0 spiro atoms. The van der Waals surface area contributed by atoms with Gasteiger partial charge in [0, 0.05) is 11.8 Å². The highest BCUT2D eigenvalue weighted by Crippen LogP contribution is 2.30. The lowest BCUT2D eigenvalue weighted by atomic mass is 10.1. The van der Waals surface area contributed by atoms with E-state index in [0.717, 1.165) is 16.8 Å². The molecule has 2 rings (SSSR count). The predicted molar refractivity (Wildman–Crippen MR) is 75.0 cm³/mol. The summed E-state index contributed by atoms with van der Waals surface area (Å²) in [7, 11) is 0. The number of aryl methyl sites for hydroxylation is 1. The zero-order valence-corrected chi connectivity index (χ0v) is 11.0. The zero-order chi connectivity index (χ0) is 13.3. The fourth-order valence-electron chi connectivity index (χ4n) is 1.70. The summed E-state index contributed by atoms with van der Waals surface area (Å²) in [4.78, 5) is 0. The summed E-state index contributed by atoms with van der Waals surface area (Å²) in [6, 6.07) is 8.59. The first-order chi connectivity index (χ1) is 8.49. The number of hydrogen-bond donors (Lipinski definition) is 2. The van der Waals surface area contributed by atoms with Crippen molar-refractivity contribution in [3.63, 3.8) is 0 Å². The SMILES string of the molecule is Cc1cccc(Nc2cc(F)c(Cl)cc2N)c1C. The second kappa shape index (κ2) is 4.86. The Morgan fingerprint density at radius 3 is 2.61 bits per heavy atom. The van der Waals surface area contributed by atoms with Gasteiger partial charge in [-0.1, -0.05) is 23.7 Å². The summed E-state index contributed by atoms with van der Waals surface area (Å²) in [6.45, 7) is 4.02. The van der Waals surface area contributed by atoms with E-state index < -0.39 is 5.82 Å². The van der Waals surface area contributed by atoms with Crippen LogP contribution in [0.4, 0.5) is 21.5 Å². The van der Waals surface area contributed by atoms with E-state index in [1.54, 1.807) is 0 Å². The second-order valence-electron chi connectivity index (χ2n) is 4.23. The Labute approximate surface area is 111 Å². The van der Waals surface area contributed by atoms with E-state index in [9.17, 15) is 4.39 Å². The molecule has 0 aromatic heterocycles. The maximum atomic E-state index is 13.4. The molecule has 0 unspecified atom stereocenters. The Balaban J connectivity index is 2.40. The van der Waals surface area contributed by atoms with Crippen LogP contribution in [0, 0.1) is 19.7 Å². The van der Waals surface area contributed by atoms with Gasteiger partial charge in [0.1, 0.15) is 5.82 Å². The van der Waals surface area contributed by atoms with E-state index in [1.165, 1.54) is 12.1 Å². The molecule has 0 aliphatic heterocycles. The van der Waals surface area contributed by atoms with Crippen LogP contribution < -0.4 is 11.1 Å². The second-order valence-corrected chi connectivity index (χ2v) is 4.63. The number of rotatable bonds is 2. The van der Waals surface area contributed by atoms with Crippen molar-refractivity contribution in [3.05, 3.63) is 52.3 Å². The third-order valence-electron chi connectivity index (χ3n) is 2.97. The molecule has 0 fully saturated rings. The number of halogens is 2. The Kier molecular flexibility index (Phi) is 3.43. The van der Waals surface area contributed by atoms with Crippen molar-refractivity contribution < 1.29 is 4.39 Å². The van der Waals surface area contributed by atoms with Gasteiger partial charge in [0.25, 0.3) is 0 Å². The van der Waals surface area contributed by atoms with E-state index in [1.807, 2.05) is 32.0 Å². The van der Waals surface area contributed by atoms with Crippen molar-refractivity contribution in [2.75, 3.05) is 11.1 Å². The zero-order valence-electron chi connectivity index (χ0n) is 10.2. The Hall–Kier alpha value is -1.74. The van der Waals surface area contributed by atoms with Crippen LogP contribution in [0.5, 0.6) is 0 Å². The average Bonchev–Trinajstić information content (AvgIpc) is 2.32. The molecule has 2 aromatic carbocycles. The van der Waals surface area contributed by atoms with Gasteiger partial charge in [-0.05, 0) is 37.1 Å². The molecule has 0 aliphatic rings. The molecular formula is C14H14ClFN2. The van der Waals surface area contributed by atoms with Gasteiger partial charge in [0.05, 0.1) is 16.4 Å². The van der Waals surface area contributed by atoms with Gasteiger partial charge in [0.2, 0.25) is 0 Å². The van der Waals surface area contributed by atoms with E-state index in [2.05, 4.69) is 5.32 Å². The number of hydrogen-bond acceptors (Lipinski definition) is 2. The van der Waals surface area contributed by atoms with Crippen LogP contribution in [-0.2, 0) is 0 Å². The van der Waals surface area contributed by atoms with Crippen molar-refractivity contribution in [1.29, 1.82) is 0 Å². The van der Waals surface area contributed by atoms with Crippen molar-refractivity contribution in [2.45, 2.75) is 13.8 Å². The number of nitrogens with one attached hydrogen (secondary N) is 1. The lowest BCUT2D eigenvalue weighted by Crippen LogP contribution is -1.99. The van der Waals surface area contributed by atoms with Gasteiger partial charge >= 0.3 is 0 Å². The largest absolute Gasteiger partial charge is 0.397 e. The van der Waals surface area contributed by atoms with E-state index in [-0.39, 0.29) is 5.02 Å². The third kappa shape index (κ3) is 2.41. The molecule has 4 heteroatoms. The van der Waals surface area contributed by atoms with Gasteiger partial charge in [-0.2, -0.15) is 0 Å². The van der Waals surface area contributed by atoms with Crippen molar-refractivity contribution in [2.24, 2.45) is 0 Å². The van der Waals surface area contributed by atoms with Gasteiger partial charge in [-0.25, -0.2) is 4.39 Å². The molecule has 2 nitrogen and oxygen atoms in total. The van der Waals surface area contributed by atoms with Gasteiger partial charge in [0.15, 0.2) is 0 Å². The molecule has 0 saturated heterocycles. The molecule has 3 N–H and O–H groups in total. The quantitative estimate of drug-likeness (QED) is 0.788. The lowest BCUT2D eigenvalue weighted by molar-refractivity contribution is 0.629. The summed E-state index contributed by atoms with van der Waals surface area (Å²) in [5.74, 6) is -0.487. The fourth-order valence-corrected chi connectivity index (χ4v) is 1.87. The highest BCUT2D eigenvalue weighted by molar-refractivity contribution is 6.31. The minimum absolute atomic E-state index is 0.0269. The van der Waals surface area contributed by atoms with E-state index in [4.69, 9.17) is 17.3 Å². The van der Waals surface area contributed by atoms with Crippen LogP contribution in [0.2, 0.25) is 5.02 Å².